The highest BCUT2D eigenvalue weighted by atomic mass is 32.2. The van der Waals surface area contributed by atoms with Crippen LogP contribution < -0.4 is 5.32 Å². The Balaban J connectivity index is 2.20. The van der Waals surface area contributed by atoms with Crippen molar-refractivity contribution < 1.29 is 23.1 Å². The number of hydrogen-bond donors (Lipinski definition) is 2. The molecule has 0 radical (unpaired) electrons. The van der Waals surface area contributed by atoms with E-state index in [0.717, 1.165) is 17.6 Å². The maximum Gasteiger partial charge on any atom is 0.347 e. The number of hydrogen-bond acceptors (Lipinski definition) is 6. The van der Waals surface area contributed by atoms with Gasteiger partial charge in [-0.3, -0.25) is 4.79 Å². The second-order valence-electron chi connectivity index (χ2n) is 5.27. The lowest BCUT2D eigenvalue weighted by Gasteiger charge is -2.11. The maximum absolute atomic E-state index is 12.3. The van der Waals surface area contributed by atoms with E-state index in [-0.39, 0.29) is 15.3 Å². The van der Waals surface area contributed by atoms with Crippen LogP contribution in [-0.4, -0.2) is 36.6 Å². The number of carbonyl (C=O) groups excluding carboxylic acids is 1. The lowest BCUT2D eigenvalue weighted by atomic mass is 10.2. The number of amides is 1. The van der Waals surface area contributed by atoms with E-state index >= 15 is 0 Å². The van der Waals surface area contributed by atoms with E-state index in [1.165, 1.54) is 24.3 Å². The highest BCUT2D eigenvalue weighted by molar-refractivity contribution is 7.90. The fraction of sp³-hybridized carbons (Fsp3) is 0.267. The Kier molecular flexibility index (Phi) is 5.05. The Labute approximate surface area is 143 Å². The van der Waals surface area contributed by atoms with Gasteiger partial charge in [0.1, 0.15) is 9.88 Å². The van der Waals surface area contributed by atoms with Gasteiger partial charge in [0.2, 0.25) is 0 Å². The number of aryl methyl sites for hydroxylation is 1. The molecule has 0 aliphatic carbocycles. The number of nitrogens with zero attached hydrogens (tertiary/aromatic N) is 1. The van der Waals surface area contributed by atoms with Gasteiger partial charge in [-0.1, -0.05) is 6.07 Å². The van der Waals surface area contributed by atoms with Crippen molar-refractivity contribution in [2.24, 2.45) is 0 Å². The third kappa shape index (κ3) is 3.98. The molecule has 24 heavy (non-hydrogen) atoms. The Hall–Kier alpha value is -2.26. The molecule has 2 rings (SSSR count). The molecule has 0 aliphatic heterocycles. The molecule has 2 aromatic rings. The van der Waals surface area contributed by atoms with Gasteiger partial charge in [-0.05, 0) is 32.0 Å². The van der Waals surface area contributed by atoms with E-state index < -0.39 is 27.8 Å². The van der Waals surface area contributed by atoms with Crippen LogP contribution in [0.5, 0.6) is 0 Å². The summed E-state index contributed by atoms with van der Waals surface area (Å²) in [5.41, 5.74) is 0.596. The summed E-state index contributed by atoms with van der Waals surface area (Å²) in [6.07, 6.45) is 1.07. The van der Waals surface area contributed by atoms with Crippen molar-refractivity contribution in [3.63, 3.8) is 0 Å². The third-order valence-electron chi connectivity index (χ3n) is 3.25. The largest absolute Gasteiger partial charge is 0.477 e. The van der Waals surface area contributed by atoms with E-state index in [1.807, 2.05) is 0 Å². The lowest BCUT2D eigenvalue weighted by Crippen LogP contribution is -2.26. The Morgan fingerprint density at radius 1 is 1.33 bits per heavy atom. The molecule has 1 aromatic heterocycles. The molecule has 9 heteroatoms. The average molecular weight is 368 g/mol. The van der Waals surface area contributed by atoms with Crippen LogP contribution in [0.15, 0.2) is 29.2 Å². The van der Waals surface area contributed by atoms with Crippen LogP contribution in [0.25, 0.3) is 0 Å². The molecule has 1 unspecified atom stereocenters. The molecule has 0 bridgehead atoms. The number of carboxylic acids is 1. The number of thiazole rings is 1. The lowest BCUT2D eigenvalue weighted by molar-refractivity contribution is 0.0700. The molecule has 0 fully saturated rings. The first-order chi connectivity index (χ1) is 11.1. The zero-order valence-corrected chi connectivity index (χ0v) is 14.9. The Morgan fingerprint density at radius 3 is 2.54 bits per heavy atom. The van der Waals surface area contributed by atoms with Crippen molar-refractivity contribution in [2.75, 3.05) is 6.26 Å². The van der Waals surface area contributed by atoms with E-state index in [4.69, 9.17) is 5.11 Å². The standard InChI is InChI=1S/C15H16N2O5S2/c1-8-12(15(19)20)23-14(17-8)9(2)16-13(18)10-5-4-6-11(7-10)24(3,21)22/h4-7,9H,1-3H3,(H,16,18)(H,19,20). The first-order valence-electron chi connectivity index (χ1n) is 6.91. The number of aromatic carboxylic acids is 1. The minimum atomic E-state index is -3.41. The molecular weight excluding hydrogens is 352 g/mol. The van der Waals surface area contributed by atoms with Gasteiger partial charge in [0.15, 0.2) is 9.84 Å². The van der Waals surface area contributed by atoms with Crippen LogP contribution in [0.4, 0.5) is 0 Å². The first kappa shape index (κ1) is 18.1. The molecule has 1 heterocycles. The van der Waals surface area contributed by atoms with Crippen molar-refractivity contribution in [1.82, 2.24) is 10.3 Å². The van der Waals surface area contributed by atoms with Crippen molar-refractivity contribution in [1.29, 1.82) is 0 Å². The van der Waals surface area contributed by atoms with Gasteiger partial charge in [0, 0.05) is 11.8 Å². The Bertz CT molecular complexity index is 902. The smallest absolute Gasteiger partial charge is 0.347 e. The van der Waals surface area contributed by atoms with Gasteiger partial charge < -0.3 is 10.4 Å². The van der Waals surface area contributed by atoms with E-state index in [9.17, 15) is 18.0 Å². The molecule has 128 valence electrons. The number of carboxylic acid groups (broad SMARTS) is 1. The Morgan fingerprint density at radius 2 is 2.00 bits per heavy atom. The molecule has 2 N–H and O–H groups in total. The number of benzene rings is 1. The zero-order valence-electron chi connectivity index (χ0n) is 13.2. The molecule has 1 atom stereocenters. The normalized spacial score (nSPS) is 12.6. The van der Waals surface area contributed by atoms with Gasteiger partial charge in [-0.25, -0.2) is 18.2 Å². The van der Waals surface area contributed by atoms with Crippen molar-refractivity contribution >= 4 is 33.1 Å². The minimum absolute atomic E-state index is 0.0565. The van der Waals surface area contributed by atoms with E-state index in [2.05, 4.69) is 10.3 Å². The fourth-order valence-electron chi connectivity index (χ4n) is 2.01. The summed E-state index contributed by atoms with van der Waals surface area (Å²) in [5, 5.41) is 12.2. The predicted octanol–water partition coefficient (Wildman–Crippen LogP) is 2.04. The van der Waals surface area contributed by atoms with Crippen molar-refractivity contribution in [3.05, 3.63) is 45.4 Å². The van der Waals surface area contributed by atoms with Gasteiger partial charge in [-0.2, -0.15) is 0 Å². The monoisotopic (exact) mass is 368 g/mol. The number of rotatable bonds is 5. The summed E-state index contributed by atoms with van der Waals surface area (Å²) in [6.45, 7) is 3.27. The summed E-state index contributed by atoms with van der Waals surface area (Å²) < 4.78 is 23.1. The highest BCUT2D eigenvalue weighted by Gasteiger charge is 2.20. The SMILES string of the molecule is Cc1nc(C(C)NC(=O)c2cccc(S(C)(=O)=O)c2)sc1C(=O)O. The number of aromatic nitrogens is 1. The summed E-state index contributed by atoms with van der Waals surface area (Å²) >= 11 is 0.999. The summed E-state index contributed by atoms with van der Waals surface area (Å²) in [6, 6.07) is 5.21. The maximum atomic E-state index is 12.3. The quantitative estimate of drug-likeness (QED) is 0.835. The van der Waals surface area contributed by atoms with Crippen molar-refractivity contribution in [2.45, 2.75) is 24.8 Å². The molecular formula is C15H16N2O5S2. The van der Waals surface area contributed by atoms with Crippen LogP contribution in [0.2, 0.25) is 0 Å². The number of sulfone groups is 1. The van der Waals surface area contributed by atoms with Crippen molar-refractivity contribution in [3.8, 4) is 0 Å². The molecule has 0 spiro atoms. The second-order valence-corrected chi connectivity index (χ2v) is 8.31. The van der Waals surface area contributed by atoms with Gasteiger partial charge in [-0.15, -0.1) is 11.3 Å². The van der Waals surface area contributed by atoms with Crippen LogP contribution in [0.1, 0.15) is 43.7 Å². The average Bonchev–Trinajstić information content (AvgIpc) is 2.88. The first-order valence-corrected chi connectivity index (χ1v) is 9.62. The summed E-state index contributed by atoms with van der Waals surface area (Å²) in [7, 11) is -3.41. The highest BCUT2D eigenvalue weighted by Crippen LogP contribution is 2.24. The van der Waals surface area contributed by atoms with Gasteiger partial charge in [0.05, 0.1) is 16.6 Å². The van der Waals surface area contributed by atoms with Crippen LogP contribution in [0, 0.1) is 6.92 Å². The molecule has 0 aliphatic rings. The molecule has 0 saturated heterocycles. The van der Waals surface area contributed by atoms with Gasteiger partial charge >= 0.3 is 5.97 Å². The second kappa shape index (κ2) is 6.70. The van der Waals surface area contributed by atoms with E-state index in [1.54, 1.807) is 13.8 Å². The molecule has 0 saturated carbocycles. The van der Waals surface area contributed by atoms with E-state index in [0.29, 0.717) is 10.7 Å². The van der Waals surface area contributed by atoms with Crippen LogP contribution in [-0.2, 0) is 9.84 Å². The summed E-state index contributed by atoms with van der Waals surface area (Å²) in [5.74, 6) is -1.52. The number of carbonyl (C=O) groups is 2. The molecule has 1 aromatic carbocycles. The zero-order chi connectivity index (χ0) is 18.1. The van der Waals surface area contributed by atoms with Crippen LogP contribution >= 0.6 is 11.3 Å². The number of nitrogens with one attached hydrogen (secondary N) is 1. The fourth-order valence-corrected chi connectivity index (χ4v) is 3.59. The topological polar surface area (TPSA) is 113 Å². The van der Waals surface area contributed by atoms with Crippen LogP contribution in [0.3, 0.4) is 0 Å². The predicted molar refractivity (Wildman–Crippen MR) is 89.2 cm³/mol. The minimum Gasteiger partial charge on any atom is -0.477 e. The summed E-state index contributed by atoms with van der Waals surface area (Å²) in [4.78, 5) is 27.7. The molecule has 7 nitrogen and oxygen atoms in total. The third-order valence-corrected chi connectivity index (χ3v) is 5.69. The molecule has 1 amide bonds. The van der Waals surface area contributed by atoms with Gasteiger partial charge in [0.25, 0.3) is 5.91 Å².